The van der Waals surface area contributed by atoms with E-state index in [9.17, 15) is 0 Å². The molecule has 0 radical (unpaired) electrons. The Hall–Kier alpha value is -3.58. The van der Waals surface area contributed by atoms with E-state index in [4.69, 9.17) is 10.00 Å². The third kappa shape index (κ3) is 3.04. The number of aromatic amines is 1. The zero-order chi connectivity index (χ0) is 19.0. The van der Waals surface area contributed by atoms with E-state index in [1.54, 1.807) is 7.11 Å². The maximum Gasteiger partial charge on any atom is 0.213 e. The molecule has 0 spiro atoms. The summed E-state index contributed by atoms with van der Waals surface area (Å²) < 4.78 is 5.20. The molecule has 132 valence electrons. The molecule has 0 unspecified atom stereocenters. The average molecular weight is 353 g/mol. The zero-order valence-electron chi connectivity index (χ0n) is 15.5. The van der Waals surface area contributed by atoms with Crippen LogP contribution in [0.1, 0.15) is 16.8 Å². The molecule has 0 aliphatic rings. The van der Waals surface area contributed by atoms with Crippen LogP contribution in [0.2, 0.25) is 0 Å². The molecule has 0 saturated heterocycles. The Morgan fingerprint density at radius 3 is 2.48 bits per heavy atom. The molecule has 2 aromatic heterocycles. The van der Waals surface area contributed by atoms with Gasteiger partial charge in [0, 0.05) is 28.2 Å². The number of aromatic nitrogens is 2. The van der Waals surface area contributed by atoms with Gasteiger partial charge in [-0.05, 0) is 66.9 Å². The van der Waals surface area contributed by atoms with Crippen LogP contribution < -0.4 is 4.74 Å². The third-order valence-corrected chi connectivity index (χ3v) is 4.85. The van der Waals surface area contributed by atoms with Crippen LogP contribution in [-0.4, -0.2) is 17.1 Å². The number of pyridine rings is 1. The predicted octanol–water partition coefficient (Wildman–Crippen LogP) is 5.39. The van der Waals surface area contributed by atoms with E-state index in [0.29, 0.717) is 11.4 Å². The van der Waals surface area contributed by atoms with Crippen LogP contribution in [0.5, 0.6) is 5.88 Å². The van der Waals surface area contributed by atoms with Gasteiger partial charge in [0.25, 0.3) is 0 Å². The third-order valence-electron chi connectivity index (χ3n) is 4.85. The lowest BCUT2D eigenvalue weighted by atomic mass is 9.98. The highest BCUT2D eigenvalue weighted by molar-refractivity contribution is 5.90. The van der Waals surface area contributed by atoms with E-state index in [1.165, 1.54) is 0 Å². The van der Waals surface area contributed by atoms with Crippen molar-refractivity contribution in [3.05, 3.63) is 71.4 Å². The highest BCUT2D eigenvalue weighted by Gasteiger charge is 2.10. The SMILES string of the molecule is COc1ccc(-c2cc3cc(-c4ccc(C#N)cc4C)ccc3[nH]2)c(C)n1. The van der Waals surface area contributed by atoms with Crippen molar-refractivity contribution >= 4 is 10.9 Å². The second kappa shape index (κ2) is 6.62. The molecule has 0 aliphatic heterocycles. The Bertz CT molecular complexity index is 1200. The van der Waals surface area contributed by atoms with E-state index in [2.05, 4.69) is 40.3 Å². The number of aryl methyl sites for hydroxylation is 2. The monoisotopic (exact) mass is 353 g/mol. The van der Waals surface area contributed by atoms with Gasteiger partial charge >= 0.3 is 0 Å². The Labute approximate surface area is 158 Å². The fourth-order valence-corrected chi connectivity index (χ4v) is 3.44. The molecular weight excluding hydrogens is 334 g/mol. The van der Waals surface area contributed by atoms with Gasteiger partial charge < -0.3 is 9.72 Å². The number of ether oxygens (including phenoxy) is 1. The Balaban J connectivity index is 1.78. The number of methoxy groups -OCH3 is 1. The molecule has 0 saturated carbocycles. The summed E-state index contributed by atoms with van der Waals surface area (Å²) in [7, 11) is 1.62. The van der Waals surface area contributed by atoms with Crippen LogP contribution in [0.15, 0.2) is 54.6 Å². The molecule has 2 aromatic carbocycles. The van der Waals surface area contributed by atoms with Crippen molar-refractivity contribution in [1.82, 2.24) is 9.97 Å². The second-order valence-electron chi connectivity index (χ2n) is 6.61. The smallest absolute Gasteiger partial charge is 0.213 e. The first-order valence-electron chi connectivity index (χ1n) is 8.75. The number of rotatable bonds is 3. The number of hydrogen-bond donors (Lipinski definition) is 1. The Kier molecular flexibility index (Phi) is 4.13. The molecule has 4 nitrogen and oxygen atoms in total. The molecule has 2 heterocycles. The first-order valence-corrected chi connectivity index (χ1v) is 8.75. The molecule has 27 heavy (non-hydrogen) atoms. The molecule has 0 amide bonds. The average Bonchev–Trinajstić information content (AvgIpc) is 3.10. The van der Waals surface area contributed by atoms with Crippen molar-refractivity contribution in [2.45, 2.75) is 13.8 Å². The van der Waals surface area contributed by atoms with Crippen molar-refractivity contribution in [1.29, 1.82) is 5.26 Å². The van der Waals surface area contributed by atoms with Crippen LogP contribution in [0, 0.1) is 25.2 Å². The molecule has 0 atom stereocenters. The van der Waals surface area contributed by atoms with Crippen LogP contribution in [0.25, 0.3) is 33.3 Å². The fraction of sp³-hybridized carbons (Fsp3) is 0.130. The first kappa shape index (κ1) is 16.9. The summed E-state index contributed by atoms with van der Waals surface area (Å²) in [6, 6.07) is 20.4. The lowest BCUT2D eigenvalue weighted by molar-refractivity contribution is 0.397. The van der Waals surface area contributed by atoms with E-state index >= 15 is 0 Å². The molecule has 0 fully saturated rings. The minimum atomic E-state index is 0.617. The quantitative estimate of drug-likeness (QED) is 0.537. The summed E-state index contributed by atoms with van der Waals surface area (Å²) in [4.78, 5) is 7.94. The van der Waals surface area contributed by atoms with E-state index in [-0.39, 0.29) is 0 Å². The van der Waals surface area contributed by atoms with Crippen LogP contribution in [0.4, 0.5) is 0 Å². The maximum absolute atomic E-state index is 9.06. The van der Waals surface area contributed by atoms with Crippen molar-refractivity contribution in [2.75, 3.05) is 7.11 Å². The lowest BCUT2D eigenvalue weighted by Gasteiger charge is -2.06. The van der Waals surface area contributed by atoms with Gasteiger partial charge in [0.05, 0.1) is 24.4 Å². The van der Waals surface area contributed by atoms with Crippen molar-refractivity contribution in [3.8, 4) is 34.3 Å². The Morgan fingerprint density at radius 1 is 0.963 bits per heavy atom. The number of hydrogen-bond acceptors (Lipinski definition) is 3. The van der Waals surface area contributed by atoms with Crippen LogP contribution in [-0.2, 0) is 0 Å². The van der Waals surface area contributed by atoms with Crippen LogP contribution >= 0.6 is 0 Å². The summed E-state index contributed by atoms with van der Waals surface area (Å²) in [5.41, 5.74) is 8.15. The first-order chi connectivity index (χ1) is 13.1. The molecule has 0 aliphatic carbocycles. The predicted molar refractivity (Wildman–Crippen MR) is 108 cm³/mol. The Morgan fingerprint density at radius 2 is 1.78 bits per heavy atom. The molecular formula is C23H19N3O. The second-order valence-corrected chi connectivity index (χ2v) is 6.61. The van der Waals surface area contributed by atoms with Gasteiger partial charge in [-0.2, -0.15) is 5.26 Å². The minimum Gasteiger partial charge on any atom is -0.481 e. The molecule has 4 heteroatoms. The van der Waals surface area contributed by atoms with Gasteiger partial charge in [-0.15, -0.1) is 0 Å². The summed E-state index contributed by atoms with van der Waals surface area (Å²) >= 11 is 0. The summed E-state index contributed by atoms with van der Waals surface area (Å²) in [6.45, 7) is 4.02. The maximum atomic E-state index is 9.06. The lowest BCUT2D eigenvalue weighted by Crippen LogP contribution is -1.92. The van der Waals surface area contributed by atoms with E-state index < -0.39 is 0 Å². The number of nitrogens with one attached hydrogen (secondary N) is 1. The molecule has 4 rings (SSSR count). The van der Waals surface area contributed by atoms with E-state index in [0.717, 1.165) is 44.5 Å². The largest absolute Gasteiger partial charge is 0.481 e. The standard InChI is InChI=1S/C23H19N3O/c1-14-10-16(13-24)4-6-19(14)17-5-8-21-18(11-17)12-22(26-21)20-7-9-23(27-3)25-15(20)2/h4-12,26H,1-3H3. The van der Waals surface area contributed by atoms with E-state index in [1.807, 2.05) is 44.2 Å². The van der Waals surface area contributed by atoms with Gasteiger partial charge in [-0.1, -0.05) is 12.1 Å². The van der Waals surface area contributed by atoms with Crippen LogP contribution in [0.3, 0.4) is 0 Å². The van der Waals surface area contributed by atoms with Gasteiger partial charge in [0.15, 0.2) is 0 Å². The number of H-pyrrole nitrogens is 1. The topological polar surface area (TPSA) is 61.7 Å². The number of nitriles is 1. The number of benzene rings is 2. The van der Waals surface area contributed by atoms with Gasteiger partial charge in [-0.25, -0.2) is 4.98 Å². The fourth-order valence-electron chi connectivity index (χ4n) is 3.44. The van der Waals surface area contributed by atoms with Crippen molar-refractivity contribution in [2.24, 2.45) is 0 Å². The van der Waals surface area contributed by atoms with Gasteiger partial charge in [-0.3, -0.25) is 0 Å². The summed E-state index contributed by atoms with van der Waals surface area (Å²) in [5, 5.41) is 10.2. The van der Waals surface area contributed by atoms with Gasteiger partial charge in [0.1, 0.15) is 0 Å². The number of nitrogens with zero attached hydrogens (tertiary/aromatic N) is 2. The van der Waals surface area contributed by atoms with Gasteiger partial charge in [0.2, 0.25) is 5.88 Å². The highest BCUT2D eigenvalue weighted by atomic mass is 16.5. The normalized spacial score (nSPS) is 10.7. The summed E-state index contributed by atoms with van der Waals surface area (Å²) in [6.07, 6.45) is 0. The number of fused-ring (bicyclic) bond motifs is 1. The molecule has 0 bridgehead atoms. The highest BCUT2D eigenvalue weighted by Crippen LogP contribution is 2.31. The molecule has 1 N–H and O–H groups in total. The minimum absolute atomic E-state index is 0.617. The van der Waals surface area contributed by atoms with Crippen molar-refractivity contribution in [3.63, 3.8) is 0 Å². The van der Waals surface area contributed by atoms with Crippen molar-refractivity contribution < 1.29 is 4.74 Å². The molecule has 4 aromatic rings. The summed E-state index contributed by atoms with van der Waals surface area (Å²) in [5.74, 6) is 0.617. The zero-order valence-corrected chi connectivity index (χ0v) is 15.5.